The fraction of sp³-hybridized carbons (Fsp3) is 0.263. The molecule has 0 unspecified atom stereocenters. The Hall–Kier alpha value is -3.00. The molecule has 9 heteroatoms. The van der Waals surface area contributed by atoms with E-state index in [2.05, 4.69) is 0 Å². The maximum atomic E-state index is 13.0. The molecule has 146 valence electrons. The number of nitro benzene ring substituents is 1. The molecule has 3 rings (SSSR count). The van der Waals surface area contributed by atoms with Crippen LogP contribution in [0.15, 0.2) is 42.5 Å². The number of carbonyl (C=O) groups is 2. The summed E-state index contributed by atoms with van der Waals surface area (Å²) >= 11 is 5.79. The molecular formula is C19H17ClFN3O4. The lowest BCUT2D eigenvalue weighted by molar-refractivity contribution is -0.385. The molecule has 2 amide bonds. The van der Waals surface area contributed by atoms with Crippen molar-refractivity contribution in [2.45, 2.75) is 6.42 Å². The first-order valence-electron chi connectivity index (χ1n) is 8.60. The zero-order valence-electron chi connectivity index (χ0n) is 14.8. The van der Waals surface area contributed by atoms with Gasteiger partial charge in [0.05, 0.1) is 11.3 Å². The molecule has 1 aliphatic heterocycles. The summed E-state index contributed by atoms with van der Waals surface area (Å²) in [5, 5.41) is 11.4. The lowest BCUT2D eigenvalue weighted by Crippen LogP contribution is -2.51. The number of rotatable bonds is 4. The number of nitrogens with zero attached hydrogens (tertiary/aromatic N) is 3. The van der Waals surface area contributed by atoms with E-state index in [1.54, 1.807) is 17.0 Å². The van der Waals surface area contributed by atoms with Gasteiger partial charge in [-0.05, 0) is 29.8 Å². The molecule has 0 bridgehead atoms. The highest BCUT2D eigenvalue weighted by Crippen LogP contribution is 2.25. The van der Waals surface area contributed by atoms with Gasteiger partial charge in [0.25, 0.3) is 11.6 Å². The quantitative estimate of drug-likeness (QED) is 0.578. The molecule has 0 N–H and O–H groups in total. The highest BCUT2D eigenvalue weighted by molar-refractivity contribution is 6.31. The van der Waals surface area contributed by atoms with Gasteiger partial charge in [0.2, 0.25) is 5.91 Å². The minimum absolute atomic E-state index is 0.0273. The molecule has 0 aliphatic carbocycles. The molecule has 2 aromatic carbocycles. The lowest BCUT2D eigenvalue weighted by Gasteiger charge is -2.34. The normalized spacial score (nSPS) is 14.1. The average Bonchev–Trinajstić information content (AvgIpc) is 2.69. The number of carbonyl (C=O) groups excluding carboxylic acids is 2. The van der Waals surface area contributed by atoms with Gasteiger partial charge < -0.3 is 9.80 Å². The number of halogens is 2. The van der Waals surface area contributed by atoms with Gasteiger partial charge >= 0.3 is 0 Å². The van der Waals surface area contributed by atoms with Crippen molar-refractivity contribution in [3.8, 4) is 0 Å². The predicted molar refractivity (Wildman–Crippen MR) is 101 cm³/mol. The third-order valence-electron chi connectivity index (χ3n) is 4.58. The summed E-state index contributed by atoms with van der Waals surface area (Å²) in [5.74, 6) is -0.940. The van der Waals surface area contributed by atoms with E-state index in [4.69, 9.17) is 11.6 Å². The Labute approximate surface area is 165 Å². The Morgan fingerprint density at radius 2 is 1.64 bits per heavy atom. The Morgan fingerprint density at radius 3 is 2.25 bits per heavy atom. The molecule has 0 aromatic heterocycles. The first kappa shape index (κ1) is 19.8. The second kappa shape index (κ2) is 8.35. The van der Waals surface area contributed by atoms with Crippen molar-refractivity contribution < 1.29 is 18.9 Å². The number of amides is 2. The third kappa shape index (κ3) is 4.45. The fourth-order valence-corrected chi connectivity index (χ4v) is 3.22. The SMILES string of the molecule is O=C(Cc1ccc(F)cc1)N1CCN(C(=O)c2ccc(Cl)cc2[N+](=O)[O-])CC1. The minimum Gasteiger partial charge on any atom is -0.339 e. The highest BCUT2D eigenvalue weighted by Gasteiger charge is 2.29. The van der Waals surface area contributed by atoms with Crippen molar-refractivity contribution in [2.75, 3.05) is 26.2 Å². The van der Waals surface area contributed by atoms with Crippen LogP contribution in [0.1, 0.15) is 15.9 Å². The summed E-state index contributed by atoms with van der Waals surface area (Å²) in [4.78, 5) is 38.8. The summed E-state index contributed by atoms with van der Waals surface area (Å²) in [6.07, 6.45) is 0.150. The van der Waals surface area contributed by atoms with Crippen molar-refractivity contribution >= 4 is 29.1 Å². The number of piperazine rings is 1. The molecular weight excluding hydrogens is 389 g/mol. The van der Waals surface area contributed by atoms with Gasteiger partial charge in [-0.2, -0.15) is 0 Å². The van der Waals surface area contributed by atoms with E-state index < -0.39 is 10.8 Å². The number of hydrogen-bond donors (Lipinski definition) is 0. The Bertz CT molecular complexity index is 912. The van der Waals surface area contributed by atoms with Crippen LogP contribution in [0.25, 0.3) is 0 Å². The summed E-state index contributed by atoms with van der Waals surface area (Å²) in [7, 11) is 0. The second-order valence-corrected chi connectivity index (χ2v) is 6.83. The molecule has 0 spiro atoms. The molecule has 7 nitrogen and oxygen atoms in total. The van der Waals surface area contributed by atoms with Crippen LogP contribution >= 0.6 is 11.6 Å². The van der Waals surface area contributed by atoms with E-state index in [9.17, 15) is 24.1 Å². The summed E-state index contributed by atoms with van der Waals surface area (Å²) in [5.41, 5.74) is 0.342. The zero-order valence-corrected chi connectivity index (χ0v) is 15.6. The first-order chi connectivity index (χ1) is 13.3. The number of benzene rings is 2. The van der Waals surface area contributed by atoms with Gasteiger partial charge in [-0.15, -0.1) is 0 Å². The van der Waals surface area contributed by atoms with E-state index in [1.807, 2.05) is 0 Å². The van der Waals surface area contributed by atoms with Crippen molar-refractivity contribution in [2.24, 2.45) is 0 Å². The van der Waals surface area contributed by atoms with Crippen LogP contribution in [0, 0.1) is 15.9 Å². The summed E-state index contributed by atoms with van der Waals surface area (Å²) < 4.78 is 13.0. The van der Waals surface area contributed by atoms with Gasteiger partial charge in [0, 0.05) is 37.3 Å². The van der Waals surface area contributed by atoms with Crippen LogP contribution in [-0.2, 0) is 11.2 Å². The van der Waals surface area contributed by atoms with E-state index >= 15 is 0 Å². The molecule has 28 heavy (non-hydrogen) atoms. The van der Waals surface area contributed by atoms with Crippen molar-refractivity contribution in [3.63, 3.8) is 0 Å². The third-order valence-corrected chi connectivity index (χ3v) is 4.81. The molecule has 1 heterocycles. The van der Waals surface area contributed by atoms with Gasteiger partial charge in [-0.1, -0.05) is 23.7 Å². The molecule has 2 aromatic rings. The predicted octanol–water partition coefficient (Wildman–Crippen LogP) is 2.91. The Kier molecular flexibility index (Phi) is 5.89. The van der Waals surface area contributed by atoms with Gasteiger partial charge in [-0.3, -0.25) is 19.7 Å². The Balaban J connectivity index is 1.62. The van der Waals surface area contributed by atoms with Gasteiger partial charge in [0.1, 0.15) is 11.4 Å². The standard InChI is InChI=1S/C19H17ClFN3O4/c20-14-3-6-16(17(12-14)24(27)28)19(26)23-9-7-22(8-10-23)18(25)11-13-1-4-15(21)5-2-13/h1-6,12H,7-11H2. The fourth-order valence-electron chi connectivity index (χ4n) is 3.05. The maximum absolute atomic E-state index is 13.0. The summed E-state index contributed by atoms with van der Waals surface area (Å²) in [6, 6.07) is 9.66. The largest absolute Gasteiger partial charge is 0.339 e. The molecule has 0 saturated carbocycles. The second-order valence-electron chi connectivity index (χ2n) is 6.39. The maximum Gasteiger partial charge on any atom is 0.283 e. The highest BCUT2D eigenvalue weighted by atomic mass is 35.5. The van der Waals surface area contributed by atoms with Crippen molar-refractivity contribution in [1.82, 2.24) is 9.80 Å². The monoisotopic (exact) mass is 405 g/mol. The van der Waals surface area contributed by atoms with Crippen molar-refractivity contribution in [3.05, 3.63) is 74.5 Å². The van der Waals surface area contributed by atoms with E-state index in [1.165, 1.54) is 29.2 Å². The van der Waals surface area contributed by atoms with E-state index in [0.29, 0.717) is 18.7 Å². The van der Waals surface area contributed by atoms with Gasteiger partial charge in [0.15, 0.2) is 0 Å². The average molecular weight is 406 g/mol. The van der Waals surface area contributed by atoms with Crippen LogP contribution in [0.2, 0.25) is 5.02 Å². The number of nitro groups is 1. The van der Waals surface area contributed by atoms with Crippen molar-refractivity contribution in [1.29, 1.82) is 0 Å². The van der Waals surface area contributed by atoms with Gasteiger partial charge in [-0.25, -0.2) is 4.39 Å². The molecule has 0 atom stereocenters. The van der Waals surface area contributed by atoms with E-state index in [0.717, 1.165) is 6.07 Å². The van der Waals surface area contributed by atoms with Crippen LogP contribution in [0.5, 0.6) is 0 Å². The molecule has 1 fully saturated rings. The molecule has 1 aliphatic rings. The van der Waals surface area contributed by atoms with E-state index in [-0.39, 0.29) is 47.5 Å². The topological polar surface area (TPSA) is 83.8 Å². The van der Waals surface area contributed by atoms with Crippen LogP contribution in [0.4, 0.5) is 10.1 Å². The summed E-state index contributed by atoms with van der Waals surface area (Å²) in [6.45, 7) is 1.20. The smallest absolute Gasteiger partial charge is 0.283 e. The zero-order chi connectivity index (χ0) is 20.3. The molecule has 1 saturated heterocycles. The Morgan fingerprint density at radius 1 is 1.04 bits per heavy atom. The first-order valence-corrected chi connectivity index (χ1v) is 8.98. The number of hydrogen-bond acceptors (Lipinski definition) is 4. The van der Waals surface area contributed by atoms with Crippen LogP contribution in [0.3, 0.4) is 0 Å². The van der Waals surface area contributed by atoms with Crippen LogP contribution < -0.4 is 0 Å². The lowest BCUT2D eigenvalue weighted by atomic mass is 10.1. The van der Waals surface area contributed by atoms with Crippen LogP contribution in [-0.4, -0.2) is 52.7 Å². The molecule has 0 radical (unpaired) electrons. The minimum atomic E-state index is -0.637.